The Morgan fingerprint density at radius 2 is 2.12 bits per heavy atom. The summed E-state index contributed by atoms with van der Waals surface area (Å²) in [4.78, 5) is 43.6. The van der Waals surface area contributed by atoms with Crippen LogP contribution in [0.3, 0.4) is 0 Å². The molecule has 2 aromatic heterocycles. The van der Waals surface area contributed by atoms with Gasteiger partial charge in [-0.05, 0) is 0 Å². The van der Waals surface area contributed by atoms with Gasteiger partial charge in [-0.2, -0.15) is 4.98 Å². The first-order valence-electron chi connectivity index (χ1n) is 7.39. The molecule has 2 aromatic rings. The number of aromatic nitrogens is 4. The summed E-state index contributed by atoms with van der Waals surface area (Å²) < 4.78 is 11.4. The number of fused-ring (bicyclic) bond motifs is 1. The Labute approximate surface area is 144 Å². The number of nitrogens with one attached hydrogen (secondary N) is 1. The standard InChI is InChI=1S/C13H15N5O8/c14-13-16-10-7(11(24)17-13)15-3-18(10)12-9(23)8(22)4(26-12)2-25-6(21)1-5(19)20/h3-4,8-9,12,22-23H,1-2H2,(H,19,20)(H3,14,16,17,24)/t4-,8-,9-,12?/m1/s1. The molecule has 0 aliphatic carbocycles. The van der Waals surface area contributed by atoms with E-state index in [1.54, 1.807) is 0 Å². The average Bonchev–Trinajstić information content (AvgIpc) is 3.08. The molecule has 1 saturated heterocycles. The normalized spacial score (nSPS) is 25.5. The van der Waals surface area contributed by atoms with Crippen LogP contribution in [0.25, 0.3) is 11.2 Å². The van der Waals surface area contributed by atoms with Crippen molar-refractivity contribution in [2.45, 2.75) is 31.0 Å². The highest BCUT2D eigenvalue weighted by Gasteiger charge is 2.45. The van der Waals surface area contributed by atoms with Crippen LogP contribution in [0, 0.1) is 0 Å². The minimum Gasteiger partial charge on any atom is -0.481 e. The van der Waals surface area contributed by atoms with Crippen molar-refractivity contribution >= 4 is 29.1 Å². The molecule has 1 aliphatic heterocycles. The van der Waals surface area contributed by atoms with Gasteiger partial charge in [-0.1, -0.05) is 0 Å². The van der Waals surface area contributed by atoms with Gasteiger partial charge in [0, 0.05) is 0 Å². The molecule has 0 aromatic carbocycles. The Hall–Kier alpha value is -3.03. The third-order valence-corrected chi connectivity index (χ3v) is 3.77. The third-order valence-electron chi connectivity index (χ3n) is 3.77. The molecular weight excluding hydrogens is 354 g/mol. The SMILES string of the molecule is Nc1nc2c(ncn2C2O[C@H](COC(=O)CC(=O)O)[C@@H](O)[C@H]2O)c(=O)[nH]1. The molecular formula is C13H15N5O8. The number of rotatable bonds is 5. The molecule has 13 nitrogen and oxygen atoms in total. The number of aliphatic carboxylic acids is 1. The minimum absolute atomic E-state index is 0.0334. The lowest BCUT2D eigenvalue weighted by atomic mass is 10.1. The summed E-state index contributed by atoms with van der Waals surface area (Å²) in [5, 5.41) is 28.8. The zero-order valence-corrected chi connectivity index (χ0v) is 13.1. The van der Waals surface area contributed by atoms with Crippen LogP contribution in [0.4, 0.5) is 5.95 Å². The molecule has 0 radical (unpaired) electrons. The Morgan fingerprint density at radius 1 is 1.38 bits per heavy atom. The largest absolute Gasteiger partial charge is 0.481 e. The number of nitrogen functional groups attached to an aromatic ring is 1. The third kappa shape index (κ3) is 3.22. The summed E-state index contributed by atoms with van der Waals surface area (Å²) in [5.74, 6) is -2.55. The maximum atomic E-state index is 11.8. The van der Waals surface area contributed by atoms with Crippen LogP contribution in [0.15, 0.2) is 11.1 Å². The first kappa shape index (κ1) is 17.8. The summed E-state index contributed by atoms with van der Waals surface area (Å²) >= 11 is 0. The van der Waals surface area contributed by atoms with Crippen LogP contribution in [-0.4, -0.2) is 71.7 Å². The molecule has 13 heteroatoms. The lowest BCUT2D eigenvalue weighted by Crippen LogP contribution is -2.34. The Balaban J connectivity index is 1.79. The number of nitrogens with two attached hydrogens (primary N) is 1. The predicted molar refractivity (Wildman–Crippen MR) is 81.7 cm³/mol. The van der Waals surface area contributed by atoms with Crippen LogP contribution < -0.4 is 11.3 Å². The number of carbonyl (C=O) groups excluding carboxylic acids is 1. The molecule has 1 unspecified atom stereocenters. The van der Waals surface area contributed by atoms with E-state index in [4.69, 9.17) is 20.3 Å². The fourth-order valence-electron chi connectivity index (χ4n) is 2.58. The molecule has 3 rings (SSSR count). The number of imidazole rings is 1. The zero-order chi connectivity index (χ0) is 19.0. The van der Waals surface area contributed by atoms with E-state index >= 15 is 0 Å². The topological polar surface area (TPSA) is 203 Å². The Morgan fingerprint density at radius 3 is 2.81 bits per heavy atom. The molecule has 140 valence electrons. The van der Waals surface area contributed by atoms with E-state index in [1.807, 2.05) is 0 Å². The molecule has 3 heterocycles. The van der Waals surface area contributed by atoms with Gasteiger partial charge in [-0.15, -0.1) is 0 Å². The van der Waals surface area contributed by atoms with Crippen LogP contribution in [0.1, 0.15) is 12.6 Å². The highest BCUT2D eigenvalue weighted by atomic mass is 16.6. The van der Waals surface area contributed by atoms with Gasteiger partial charge in [0.05, 0.1) is 6.33 Å². The smallest absolute Gasteiger partial charge is 0.317 e. The van der Waals surface area contributed by atoms with Crippen molar-refractivity contribution in [1.29, 1.82) is 0 Å². The number of aromatic amines is 1. The van der Waals surface area contributed by atoms with Gasteiger partial charge < -0.3 is 30.5 Å². The predicted octanol–water partition coefficient (Wildman–Crippen LogP) is -2.66. The van der Waals surface area contributed by atoms with Crippen molar-refractivity contribution in [2.75, 3.05) is 12.3 Å². The number of nitrogens with zero attached hydrogens (tertiary/aromatic N) is 3. The van der Waals surface area contributed by atoms with Crippen LogP contribution in [-0.2, 0) is 19.1 Å². The van der Waals surface area contributed by atoms with Crippen molar-refractivity contribution in [3.05, 3.63) is 16.7 Å². The number of esters is 1. The second-order valence-electron chi connectivity index (χ2n) is 5.58. The van der Waals surface area contributed by atoms with Crippen LogP contribution in [0.2, 0.25) is 0 Å². The highest BCUT2D eigenvalue weighted by molar-refractivity contribution is 5.90. The van der Waals surface area contributed by atoms with Gasteiger partial charge in [0.1, 0.15) is 31.3 Å². The number of aliphatic hydroxyl groups is 2. The average molecular weight is 369 g/mol. The molecule has 26 heavy (non-hydrogen) atoms. The second kappa shape index (κ2) is 6.70. The number of aliphatic hydroxyl groups excluding tert-OH is 2. The summed E-state index contributed by atoms with van der Waals surface area (Å²) in [5.41, 5.74) is 4.90. The van der Waals surface area contributed by atoms with E-state index in [0.29, 0.717) is 0 Å². The van der Waals surface area contributed by atoms with Gasteiger partial charge in [-0.25, -0.2) is 4.98 Å². The van der Waals surface area contributed by atoms with Gasteiger partial charge in [0.2, 0.25) is 5.95 Å². The van der Waals surface area contributed by atoms with E-state index in [2.05, 4.69) is 15.0 Å². The lowest BCUT2D eigenvalue weighted by Gasteiger charge is -2.16. The summed E-state index contributed by atoms with van der Waals surface area (Å²) in [6.45, 7) is -0.469. The first-order valence-corrected chi connectivity index (χ1v) is 7.39. The zero-order valence-electron chi connectivity index (χ0n) is 13.1. The fourth-order valence-corrected chi connectivity index (χ4v) is 2.58. The number of hydrogen-bond donors (Lipinski definition) is 5. The van der Waals surface area contributed by atoms with Crippen LogP contribution >= 0.6 is 0 Å². The number of H-pyrrole nitrogens is 1. The molecule has 4 atom stereocenters. The van der Waals surface area contributed by atoms with E-state index in [9.17, 15) is 24.6 Å². The lowest BCUT2D eigenvalue weighted by molar-refractivity contribution is -0.155. The van der Waals surface area contributed by atoms with Crippen molar-refractivity contribution in [3.8, 4) is 0 Å². The van der Waals surface area contributed by atoms with Crippen LogP contribution in [0.5, 0.6) is 0 Å². The number of carboxylic acids is 1. The maximum absolute atomic E-state index is 11.8. The van der Waals surface area contributed by atoms with Gasteiger partial charge in [0.15, 0.2) is 17.4 Å². The van der Waals surface area contributed by atoms with E-state index in [0.717, 1.165) is 0 Å². The number of anilines is 1. The molecule has 1 fully saturated rings. The molecule has 0 spiro atoms. The monoisotopic (exact) mass is 369 g/mol. The van der Waals surface area contributed by atoms with E-state index in [1.165, 1.54) is 10.9 Å². The molecule has 0 bridgehead atoms. The number of hydrogen-bond acceptors (Lipinski definition) is 10. The number of ether oxygens (including phenoxy) is 2. The van der Waals surface area contributed by atoms with Gasteiger partial charge in [-0.3, -0.25) is 23.9 Å². The van der Waals surface area contributed by atoms with Crippen molar-refractivity contribution in [1.82, 2.24) is 19.5 Å². The van der Waals surface area contributed by atoms with E-state index in [-0.39, 0.29) is 17.1 Å². The summed E-state index contributed by atoms with van der Waals surface area (Å²) in [6, 6.07) is 0. The quantitative estimate of drug-likeness (QED) is 0.272. The van der Waals surface area contributed by atoms with Crippen molar-refractivity contribution in [3.63, 3.8) is 0 Å². The maximum Gasteiger partial charge on any atom is 0.317 e. The molecule has 1 aliphatic rings. The van der Waals surface area contributed by atoms with Gasteiger partial charge >= 0.3 is 11.9 Å². The summed E-state index contributed by atoms with van der Waals surface area (Å²) in [7, 11) is 0. The van der Waals surface area contributed by atoms with Crippen molar-refractivity contribution in [2.24, 2.45) is 0 Å². The van der Waals surface area contributed by atoms with E-state index < -0.39 is 55.1 Å². The minimum atomic E-state index is -1.45. The van der Waals surface area contributed by atoms with Gasteiger partial charge in [0.25, 0.3) is 5.56 Å². The first-order chi connectivity index (χ1) is 12.3. The Kier molecular flexibility index (Phi) is 4.58. The second-order valence-corrected chi connectivity index (χ2v) is 5.58. The molecule has 0 saturated carbocycles. The fraction of sp³-hybridized carbons (Fsp3) is 0.462. The number of carbonyl (C=O) groups is 2. The summed E-state index contributed by atoms with van der Waals surface area (Å²) in [6.07, 6.45) is -4.83. The molecule has 0 amide bonds. The highest BCUT2D eigenvalue weighted by Crippen LogP contribution is 2.31. The number of carboxylic acid groups (broad SMARTS) is 1. The Bertz CT molecular complexity index is 908. The molecule has 6 N–H and O–H groups in total. The van der Waals surface area contributed by atoms with Crippen molar-refractivity contribution < 1.29 is 34.4 Å².